The standard InChI is InChI=1S/C16H10BrClN2O4/c1-8-2-3-9(6-12(8)18)20-15(22)11(14(21)19-16(20)23)7-10-4-5-13(17)24-10/h2-7H,1H3,(H,19,21,23)/b11-7-. The molecule has 24 heavy (non-hydrogen) atoms. The third kappa shape index (κ3) is 3.00. The van der Waals surface area contributed by atoms with Gasteiger partial charge in [-0.1, -0.05) is 17.7 Å². The summed E-state index contributed by atoms with van der Waals surface area (Å²) >= 11 is 9.19. The smallest absolute Gasteiger partial charge is 0.335 e. The molecule has 0 aliphatic carbocycles. The van der Waals surface area contributed by atoms with Gasteiger partial charge in [0.1, 0.15) is 11.3 Å². The number of carbonyl (C=O) groups excluding carboxylic acids is 3. The van der Waals surface area contributed by atoms with E-state index in [0.717, 1.165) is 10.5 Å². The minimum absolute atomic E-state index is 0.215. The van der Waals surface area contributed by atoms with Crippen molar-refractivity contribution in [3.05, 3.63) is 56.9 Å². The Kier molecular flexibility index (Phi) is 4.29. The van der Waals surface area contributed by atoms with E-state index in [-0.39, 0.29) is 11.3 Å². The van der Waals surface area contributed by atoms with Gasteiger partial charge < -0.3 is 4.42 Å². The summed E-state index contributed by atoms with van der Waals surface area (Å²) in [6.45, 7) is 1.80. The highest BCUT2D eigenvalue weighted by molar-refractivity contribution is 9.10. The predicted molar refractivity (Wildman–Crippen MR) is 91.6 cm³/mol. The molecule has 6 nitrogen and oxygen atoms in total. The molecule has 1 aromatic carbocycles. The summed E-state index contributed by atoms with van der Waals surface area (Å²) < 4.78 is 5.72. The van der Waals surface area contributed by atoms with E-state index in [2.05, 4.69) is 21.2 Å². The second-order valence-corrected chi connectivity index (χ2v) is 6.22. The van der Waals surface area contributed by atoms with Gasteiger partial charge in [0.05, 0.1) is 5.69 Å². The van der Waals surface area contributed by atoms with Crippen molar-refractivity contribution < 1.29 is 18.8 Å². The lowest BCUT2D eigenvalue weighted by Crippen LogP contribution is -2.54. The van der Waals surface area contributed by atoms with Crippen molar-refractivity contribution in [3.8, 4) is 0 Å². The van der Waals surface area contributed by atoms with Crippen LogP contribution < -0.4 is 10.2 Å². The molecule has 1 aromatic heterocycles. The fraction of sp³-hybridized carbons (Fsp3) is 0.0625. The zero-order chi connectivity index (χ0) is 17.4. The van der Waals surface area contributed by atoms with Crippen LogP contribution in [0.5, 0.6) is 0 Å². The molecule has 0 bridgehead atoms. The molecule has 1 saturated heterocycles. The van der Waals surface area contributed by atoms with Crippen LogP contribution in [0.1, 0.15) is 11.3 Å². The van der Waals surface area contributed by atoms with Crippen LogP contribution in [0.2, 0.25) is 5.02 Å². The summed E-state index contributed by atoms with van der Waals surface area (Å²) in [4.78, 5) is 37.6. The fourth-order valence-electron chi connectivity index (χ4n) is 2.16. The molecular formula is C16H10BrClN2O4. The lowest BCUT2D eigenvalue weighted by Gasteiger charge is -2.26. The highest BCUT2D eigenvalue weighted by Gasteiger charge is 2.37. The molecule has 1 aliphatic rings. The molecule has 0 radical (unpaired) electrons. The van der Waals surface area contributed by atoms with Crippen LogP contribution >= 0.6 is 27.5 Å². The van der Waals surface area contributed by atoms with E-state index in [1.807, 2.05) is 0 Å². The number of hydrogen-bond donors (Lipinski definition) is 1. The summed E-state index contributed by atoms with van der Waals surface area (Å²) in [5.74, 6) is -1.24. The van der Waals surface area contributed by atoms with Crippen molar-refractivity contribution >= 4 is 57.1 Å². The molecule has 2 heterocycles. The van der Waals surface area contributed by atoms with E-state index in [4.69, 9.17) is 16.0 Å². The van der Waals surface area contributed by atoms with E-state index in [1.165, 1.54) is 12.1 Å². The molecular weight excluding hydrogens is 400 g/mol. The summed E-state index contributed by atoms with van der Waals surface area (Å²) in [5.41, 5.74) is 0.859. The first-order valence-corrected chi connectivity index (χ1v) is 7.97. The molecule has 122 valence electrons. The summed E-state index contributed by atoms with van der Waals surface area (Å²) in [7, 11) is 0. The molecule has 0 unspecified atom stereocenters. The van der Waals surface area contributed by atoms with Gasteiger partial charge in [0.15, 0.2) is 4.67 Å². The Morgan fingerprint density at radius 3 is 2.58 bits per heavy atom. The molecule has 0 saturated carbocycles. The van der Waals surface area contributed by atoms with E-state index < -0.39 is 17.8 Å². The van der Waals surface area contributed by atoms with Gasteiger partial charge >= 0.3 is 6.03 Å². The third-order valence-corrected chi connectivity index (χ3v) is 4.23. The first-order valence-electron chi connectivity index (χ1n) is 6.80. The van der Waals surface area contributed by atoms with Gasteiger partial charge in [-0.05, 0) is 58.8 Å². The minimum Gasteiger partial charge on any atom is -0.450 e. The van der Waals surface area contributed by atoms with Crippen LogP contribution in [0, 0.1) is 6.92 Å². The van der Waals surface area contributed by atoms with Gasteiger partial charge in [-0.3, -0.25) is 14.9 Å². The van der Waals surface area contributed by atoms with E-state index >= 15 is 0 Å². The number of barbiturate groups is 1. The number of aryl methyl sites for hydroxylation is 1. The monoisotopic (exact) mass is 408 g/mol. The molecule has 8 heteroatoms. The maximum Gasteiger partial charge on any atom is 0.335 e. The van der Waals surface area contributed by atoms with E-state index in [9.17, 15) is 14.4 Å². The zero-order valence-electron chi connectivity index (χ0n) is 12.3. The molecule has 1 N–H and O–H groups in total. The lowest BCUT2D eigenvalue weighted by atomic mass is 10.1. The van der Waals surface area contributed by atoms with E-state index in [0.29, 0.717) is 15.5 Å². The molecule has 1 fully saturated rings. The number of imide groups is 2. The lowest BCUT2D eigenvalue weighted by molar-refractivity contribution is -0.122. The number of hydrogen-bond acceptors (Lipinski definition) is 4. The second-order valence-electron chi connectivity index (χ2n) is 5.03. The molecule has 2 aromatic rings. The van der Waals surface area contributed by atoms with Crippen LogP contribution in [0.15, 0.2) is 45.0 Å². The highest BCUT2D eigenvalue weighted by Crippen LogP contribution is 2.27. The first-order chi connectivity index (χ1) is 11.4. The Morgan fingerprint density at radius 2 is 1.96 bits per heavy atom. The molecule has 0 atom stereocenters. The number of benzene rings is 1. The zero-order valence-corrected chi connectivity index (χ0v) is 14.6. The normalized spacial score (nSPS) is 16.7. The van der Waals surface area contributed by atoms with Crippen molar-refractivity contribution in [1.82, 2.24) is 5.32 Å². The molecule has 4 amide bonds. The van der Waals surface area contributed by atoms with Gasteiger partial charge in [0.25, 0.3) is 11.8 Å². The Morgan fingerprint density at radius 1 is 1.21 bits per heavy atom. The predicted octanol–water partition coefficient (Wildman–Crippen LogP) is 3.67. The number of rotatable bonds is 2. The molecule has 3 rings (SSSR count). The van der Waals surface area contributed by atoms with Gasteiger partial charge in [0.2, 0.25) is 0 Å². The number of nitrogens with zero attached hydrogens (tertiary/aromatic N) is 1. The molecule has 1 aliphatic heterocycles. The van der Waals surface area contributed by atoms with Crippen molar-refractivity contribution in [2.24, 2.45) is 0 Å². The average molecular weight is 410 g/mol. The highest BCUT2D eigenvalue weighted by atomic mass is 79.9. The average Bonchev–Trinajstić information content (AvgIpc) is 2.92. The van der Waals surface area contributed by atoms with Crippen LogP contribution in [-0.2, 0) is 9.59 Å². The van der Waals surface area contributed by atoms with Crippen molar-refractivity contribution in [2.45, 2.75) is 6.92 Å². The Labute approximate surface area is 150 Å². The van der Waals surface area contributed by atoms with Gasteiger partial charge in [-0.25, -0.2) is 9.69 Å². The number of carbonyl (C=O) groups is 3. The van der Waals surface area contributed by atoms with Crippen LogP contribution in [0.3, 0.4) is 0 Å². The van der Waals surface area contributed by atoms with E-state index in [1.54, 1.807) is 31.2 Å². The van der Waals surface area contributed by atoms with Gasteiger partial charge in [-0.15, -0.1) is 0 Å². The number of halogens is 2. The van der Waals surface area contributed by atoms with Crippen LogP contribution in [-0.4, -0.2) is 17.8 Å². The molecule has 0 spiro atoms. The first kappa shape index (κ1) is 16.5. The maximum absolute atomic E-state index is 12.6. The number of amides is 4. The number of urea groups is 1. The Bertz CT molecular complexity index is 903. The maximum atomic E-state index is 12.6. The van der Waals surface area contributed by atoms with Gasteiger partial charge in [-0.2, -0.15) is 0 Å². The fourth-order valence-corrected chi connectivity index (χ4v) is 2.65. The second kappa shape index (κ2) is 6.26. The van der Waals surface area contributed by atoms with Crippen molar-refractivity contribution in [3.63, 3.8) is 0 Å². The Balaban J connectivity index is 2.02. The quantitative estimate of drug-likeness (QED) is 0.606. The number of anilines is 1. The van der Waals surface area contributed by atoms with Crippen LogP contribution in [0.25, 0.3) is 6.08 Å². The summed E-state index contributed by atoms with van der Waals surface area (Å²) in [6.07, 6.45) is 1.28. The Hall–Kier alpha value is -2.38. The number of nitrogens with one attached hydrogen (secondary N) is 1. The topological polar surface area (TPSA) is 79.6 Å². The summed E-state index contributed by atoms with van der Waals surface area (Å²) in [6, 6.07) is 7.13. The minimum atomic E-state index is -0.831. The van der Waals surface area contributed by atoms with Crippen molar-refractivity contribution in [2.75, 3.05) is 4.90 Å². The van der Waals surface area contributed by atoms with Gasteiger partial charge in [0, 0.05) is 5.02 Å². The summed E-state index contributed by atoms with van der Waals surface area (Å²) in [5, 5.41) is 2.54. The number of furan rings is 1. The third-order valence-electron chi connectivity index (χ3n) is 3.40. The van der Waals surface area contributed by atoms with Crippen LogP contribution in [0.4, 0.5) is 10.5 Å². The van der Waals surface area contributed by atoms with Crippen molar-refractivity contribution in [1.29, 1.82) is 0 Å². The SMILES string of the molecule is Cc1ccc(N2C(=O)NC(=O)/C(=C/c3ccc(Br)o3)C2=O)cc1Cl. The largest absolute Gasteiger partial charge is 0.450 e.